The van der Waals surface area contributed by atoms with Crippen molar-refractivity contribution in [1.82, 2.24) is 20.6 Å². The van der Waals surface area contributed by atoms with Gasteiger partial charge in [0.05, 0.1) is 41.5 Å². The summed E-state index contributed by atoms with van der Waals surface area (Å²) < 4.78 is 0. The monoisotopic (exact) mass is 444 g/mol. The van der Waals surface area contributed by atoms with Crippen molar-refractivity contribution in [1.29, 1.82) is 0 Å². The maximum absolute atomic E-state index is 11.8. The van der Waals surface area contributed by atoms with Crippen LogP contribution in [0.15, 0.2) is 77.2 Å². The molecule has 0 aliphatic carbocycles. The fourth-order valence-corrected chi connectivity index (χ4v) is 3.23. The number of nitrogen functional groups attached to an aromatic ring is 1. The molecule has 1 aliphatic heterocycles. The number of nitrogens with one attached hydrogen (secondary N) is 2. The van der Waals surface area contributed by atoms with Gasteiger partial charge < -0.3 is 10.6 Å². The van der Waals surface area contributed by atoms with Crippen molar-refractivity contribution in [3.05, 3.63) is 78.4 Å². The second kappa shape index (κ2) is 9.64. The maximum atomic E-state index is 11.8. The third kappa shape index (κ3) is 5.34. The van der Waals surface area contributed by atoms with Crippen LogP contribution >= 0.6 is 0 Å². The molecule has 11 heteroatoms. The number of amides is 4. The highest BCUT2D eigenvalue weighted by molar-refractivity contribution is 6.18. The zero-order valence-electron chi connectivity index (χ0n) is 17.4. The Hall–Kier alpha value is -4.67. The van der Waals surface area contributed by atoms with Crippen LogP contribution in [0.4, 0.5) is 21.9 Å². The minimum Gasteiger partial charge on any atom is -0.397 e. The summed E-state index contributed by atoms with van der Waals surface area (Å²) in [7, 11) is 0. The lowest BCUT2D eigenvalue weighted by atomic mass is 10.2. The molecule has 3 heterocycles. The summed E-state index contributed by atoms with van der Waals surface area (Å²) in [6.07, 6.45) is 3.46. The van der Waals surface area contributed by atoms with Crippen LogP contribution < -0.4 is 21.3 Å². The highest BCUT2D eigenvalue weighted by Gasteiger charge is 2.34. The molecule has 2 aromatic heterocycles. The normalized spacial score (nSPS) is 14.2. The van der Waals surface area contributed by atoms with Crippen LogP contribution in [0, 0.1) is 0 Å². The number of barbiturate groups is 1. The Balaban J connectivity index is 1.57. The van der Waals surface area contributed by atoms with Crippen LogP contribution in [0.2, 0.25) is 0 Å². The van der Waals surface area contributed by atoms with Gasteiger partial charge in [0, 0.05) is 12.4 Å². The number of carbonyl (C=O) groups is 3. The van der Waals surface area contributed by atoms with Gasteiger partial charge in [-0.25, -0.2) is 4.79 Å². The number of aromatic nitrogens is 2. The predicted molar refractivity (Wildman–Crippen MR) is 119 cm³/mol. The largest absolute Gasteiger partial charge is 0.397 e. The maximum Gasteiger partial charge on any atom is 0.328 e. The fraction of sp³-hybridized carbons (Fsp3) is 0.136. The number of imide groups is 2. The first-order chi connectivity index (χ1) is 16.0. The predicted octanol–water partition coefficient (Wildman–Crippen LogP) is 2.08. The van der Waals surface area contributed by atoms with Crippen molar-refractivity contribution in [2.24, 2.45) is 10.2 Å². The smallest absolute Gasteiger partial charge is 0.328 e. The van der Waals surface area contributed by atoms with E-state index < -0.39 is 23.9 Å². The molecule has 1 aromatic carbocycles. The summed E-state index contributed by atoms with van der Waals surface area (Å²) in [5.74, 6) is -1.68. The molecule has 33 heavy (non-hydrogen) atoms. The summed E-state index contributed by atoms with van der Waals surface area (Å²) >= 11 is 0. The Labute approximate surface area is 188 Å². The first-order valence-electron chi connectivity index (χ1n) is 10.0. The van der Waals surface area contributed by atoms with Crippen LogP contribution in [-0.4, -0.2) is 33.9 Å². The first-order valence-corrected chi connectivity index (χ1v) is 10.0. The van der Waals surface area contributed by atoms with Gasteiger partial charge in [-0.05, 0) is 42.5 Å². The van der Waals surface area contributed by atoms with Crippen molar-refractivity contribution in [2.75, 3.05) is 10.6 Å². The zero-order valence-corrected chi connectivity index (χ0v) is 17.4. The van der Waals surface area contributed by atoms with E-state index in [9.17, 15) is 14.4 Å². The lowest BCUT2D eigenvalue weighted by Gasteiger charge is -2.25. The van der Waals surface area contributed by atoms with Crippen LogP contribution in [0.3, 0.4) is 0 Å². The van der Waals surface area contributed by atoms with Crippen LogP contribution in [0.1, 0.15) is 11.4 Å². The van der Waals surface area contributed by atoms with E-state index in [1.165, 1.54) is 0 Å². The molecule has 0 saturated carbocycles. The van der Waals surface area contributed by atoms with E-state index >= 15 is 0 Å². The molecule has 3 aromatic rings. The van der Waals surface area contributed by atoms with Crippen LogP contribution in [-0.2, 0) is 22.7 Å². The van der Waals surface area contributed by atoms with E-state index in [4.69, 9.17) is 5.73 Å². The molecular formula is C22H20N8O3. The van der Waals surface area contributed by atoms with Gasteiger partial charge in [0.25, 0.3) is 11.8 Å². The summed E-state index contributed by atoms with van der Waals surface area (Å²) in [4.78, 5) is 45.6. The summed E-state index contributed by atoms with van der Waals surface area (Å²) in [6.45, 7) is 0.998. The van der Waals surface area contributed by atoms with E-state index in [2.05, 4.69) is 20.2 Å². The van der Waals surface area contributed by atoms with Crippen molar-refractivity contribution >= 4 is 34.9 Å². The molecule has 11 nitrogen and oxygen atoms in total. The van der Waals surface area contributed by atoms with Crippen molar-refractivity contribution in [3.63, 3.8) is 0 Å². The Morgan fingerprint density at radius 2 is 1.48 bits per heavy atom. The van der Waals surface area contributed by atoms with Gasteiger partial charge >= 0.3 is 6.03 Å². The van der Waals surface area contributed by atoms with Gasteiger partial charge in [0.15, 0.2) is 0 Å². The lowest BCUT2D eigenvalue weighted by molar-refractivity contribution is -0.131. The Bertz CT molecular complexity index is 1140. The van der Waals surface area contributed by atoms with Gasteiger partial charge in [0.2, 0.25) is 6.04 Å². The minimum absolute atomic E-state index is 0.351. The number of urea groups is 1. The topological polar surface area (TPSA) is 155 Å². The molecule has 0 radical (unpaired) electrons. The van der Waals surface area contributed by atoms with Gasteiger partial charge in [-0.1, -0.05) is 12.1 Å². The molecule has 1 aliphatic rings. The van der Waals surface area contributed by atoms with E-state index in [-0.39, 0.29) is 0 Å². The molecule has 0 bridgehead atoms. The summed E-state index contributed by atoms with van der Waals surface area (Å²) in [6, 6.07) is 14.1. The van der Waals surface area contributed by atoms with Gasteiger partial charge in [-0.2, -0.15) is 10.2 Å². The van der Waals surface area contributed by atoms with Crippen molar-refractivity contribution in [2.45, 2.75) is 19.1 Å². The van der Waals surface area contributed by atoms with Crippen molar-refractivity contribution in [3.8, 4) is 0 Å². The number of hydrogen-bond donors (Lipinski definition) is 3. The van der Waals surface area contributed by atoms with E-state index in [1.54, 1.807) is 30.6 Å². The number of nitrogens with zero attached hydrogens (tertiary/aromatic N) is 5. The second-order valence-electron chi connectivity index (χ2n) is 7.17. The number of nitrogens with two attached hydrogens (primary N) is 1. The SMILES string of the molecule is Nc1cc(/N=N/C2C(=O)NC(=O)NC2=O)ccc1N(Cc1ccccn1)Cc1ccccn1. The molecule has 1 fully saturated rings. The molecule has 0 spiro atoms. The molecule has 166 valence electrons. The molecule has 4 rings (SSSR count). The Morgan fingerprint density at radius 1 is 0.879 bits per heavy atom. The van der Waals surface area contributed by atoms with E-state index in [0.29, 0.717) is 24.5 Å². The zero-order chi connectivity index (χ0) is 23.2. The lowest BCUT2D eigenvalue weighted by Crippen LogP contribution is -2.57. The molecular weight excluding hydrogens is 424 g/mol. The molecule has 4 amide bonds. The van der Waals surface area contributed by atoms with E-state index in [0.717, 1.165) is 17.1 Å². The van der Waals surface area contributed by atoms with Gasteiger partial charge in [0.1, 0.15) is 0 Å². The number of hydrogen-bond acceptors (Lipinski definition) is 9. The van der Waals surface area contributed by atoms with E-state index in [1.807, 2.05) is 51.9 Å². The number of anilines is 2. The number of azo groups is 1. The first kappa shape index (κ1) is 21.6. The Morgan fingerprint density at radius 3 is 2.00 bits per heavy atom. The van der Waals surface area contributed by atoms with Gasteiger partial charge in [-0.15, -0.1) is 0 Å². The van der Waals surface area contributed by atoms with Crippen molar-refractivity contribution < 1.29 is 14.4 Å². The second-order valence-corrected chi connectivity index (χ2v) is 7.17. The highest BCUT2D eigenvalue weighted by Crippen LogP contribution is 2.30. The minimum atomic E-state index is -1.45. The van der Waals surface area contributed by atoms with Gasteiger partial charge in [-0.3, -0.25) is 30.2 Å². The third-order valence-electron chi connectivity index (χ3n) is 4.77. The molecule has 0 atom stereocenters. The molecule has 0 unspecified atom stereocenters. The fourth-order valence-electron chi connectivity index (χ4n) is 3.23. The number of rotatable bonds is 7. The molecule has 1 saturated heterocycles. The Kier molecular flexibility index (Phi) is 6.30. The van der Waals surface area contributed by atoms with Crippen LogP contribution in [0.5, 0.6) is 0 Å². The quantitative estimate of drug-likeness (QED) is 0.286. The molecule has 4 N–H and O–H groups in total. The number of benzene rings is 1. The summed E-state index contributed by atoms with van der Waals surface area (Å²) in [5.41, 5.74) is 9.56. The number of carbonyl (C=O) groups excluding carboxylic acids is 3. The third-order valence-corrected chi connectivity index (χ3v) is 4.77. The average molecular weight is 444 g/mol. The standard InChI is InChI=1S/C22H20N8O3/c23-17-11-14(28-29-19-20(31)26-22(33)27-21(19)32)7-8-18(17)30(12-15-5-1-3-9-24-15)13-16-6-2-4-10-25-16/h1-11,19H,12-13,23H2,(H2,26,27,31,32,33)/b29-28+. The average Bonchev–Trinajstić information content (AvgIpc) is 2.79. The van der Waals surface area contributed by atoms with Crippen LogP contribution in [0.25, 0.3) is 0 Å². The highest BCUT2D eigenvalue weighted by atomic mass is 16.2. The summed E-state index contributed by atoms with van der Waals surface area (Å²) in [5, 5.41) is 11.7. The number of pyridine rings is 2.